The fraction of sp³-hybridized carbons (Fsp3) is 0.353. The summed E-state index contributed by atoms with van der Waals surface area (Å²) in [7, 11) is 1.58. The van der Waals surface area contributed by atoms with Gasteiger partial charge in [0.15, 0.2) is 0 Å². The molecule has 1 N–H and O–H groups in total. The summed E-state index contributed by atoms with van der Waals surface area (Å²) in [6.07, 6.45) is 1.89. The maximum Gasteiger partial charge on any atom is 0.232 e. The second-order valence-electron chi connectivity index (χ2n) is 5.45. The van der Waals surface area contributed by atoms with Gasteiger partial charge >= 0.3 is 0 Å². The Hall–Kier alpha value is -2.05. The smallest absolute Gasteiger partial charge is 0.232 e. The first-order valence-corrected chi connectivity index (χ1v) is 8.34. The number of aliphatic hydroxyl groups is 1. The lowest BCUT2D eigenvalue weighted by molar-refractivity contribution is 0.202. The fourth-order valence-electron chi connectivity index (χ4n) is 2.57. The van der Waals surface area contributed by atoms with Crippen LogP contribution in [0.5, 0.6) is 5.88 Å². The Morgan fingerprint density at radius 1 is 1.30 bits per heavy atom. The molecule has 120 valence electrons. The van der Waals surface area contributed by atoms with Crippen LogP contribution in [0.1, 0.15) is 36.1 Å². The van der Waals surface area contributed by atoms with Gasteiger partial charge in [0.2, 0.25) is 5.88 Å². The van der Waals surface area contributed by atoms with Crippen molar-refractivity contribution in [2.45, 2.75) is 33.3 Å². The first-order valence-electron chi connectivity index (χ1n) is 7.53. The Labute approximate surface area is 139 Å². The van der Waals surface area contributed by atoms with Crippen molar-refractivity contribution in [1.29, 1.82) is 0 Å². The molecule has 1 aromatic carbocycles. The lowest BCUT2D eigenvalue weighted by Gasteiger charge is -2.06. The van der Waals surface area contributed by atoms with E-state index in [1.165, 1.54) is 11.3 Å². The van der Waals surface area contributed by atoms with Gasteiger partial charge in [0.25, 0.3) is 0 Å². The highest BCUT2D eigenvalue weighted by Gasteiger charge is 2.18. The third kappa shape index (κ3) is 2.92. The Kier molecular flexibility index (Phi) is 4.28. The number of benzene rings is 1. The van der Waals surface area contributed by atoms with E-state index in [-0.39, 0.29) is 0 Å². The van der Waals surface area contributed by atoms with Crippen molar-refractivity contribution in [2.75, 3.05) is 7.11 Å². The molecule has 2 aromatic heterocycles. The van der Waals surface area contributed by atoms with Crippen LogP contribution in [-0.4, -0.2) is 27.2 Å². The number of aryl methyl sites for hydroxylation is 2. The summed E-state index contributed by atoms with van der Waals surface area (Å²) < 4.78 is 5.16. The molecule has 23 heavy (non-hydrogen) atoms. The quantitative estimate of drug-likeness (QED) is 0.790. The second kappa shape index (κ2) is 6.22. The lowest BCUT2D eigenvalue weighted by Crippen LogP contribution is -1.94. The van der Waals surface area contributed by atoms with E-state index in [9.17, 15) is 5.11 Å². The number of aromatic nitrogens is 3. The molecule has 0 spiro atoms. The summed E-state index contributed by atoms with van der Waals surface area (Å²) in [5, 5.41) is 10.8. The van der Waals surface area contributed by atoms with E-state index in [0.29, 0.717) is 5.88 Å². The molecule has 0 aliphatic carbocycles. The second-order valence-corrected chi connectivity index (χ2v) is 6.48. The van der Waals surface area contributed by atoms with Gasteiger partial charge in [-0.15, -0.1) is 11.3 Å². The van der Waals surface area contributed by atoms with Gasteiger partial charge in [-0.25, -0.2) is 15.0 Å². The van der Waals surface area contributed by atoms with Crippen LogP contribution in [0.3, 0.4) is 0 Å². The molecule has 0 radical (unpaired) electrons. The molecule has 2 heterocycles. The molecular formula is C17H19N3O2S. The zero-order chi connectivity index (χ0) is 16.6. The van der Waals surface area contributed by atoms with Crippen molar-refractivity contribution in [2.24, 2.45) is 0 Å². The highest BCUT2D eigenvalue weighted by atomic mass is 32.1. The molecule has 0 bridgehead atoms. The van der Waals surface area contributed by atoms with E-state index in [2.05, 4.69) is 16.0 Å². The maximum atomic E-state index is 9.96. The van der Waals surface area contributed by atoms with Gasteiger partial charge in [-0.3, -0.25) is 0 Å². The maximum absolute atomic E-state index is 9.96. The molecule has 3 aromatic rings. The van der Waals surface area contributed by atoms with Gasteiger partial charge in [-0.1, -0.05) is 6.92 Å². The van der Waals surface area contributed by atoms with Crippen molar-refractivity contribution in [3.63, 3.8) is 0 Å². The lowest BCUT2D eigenvalue weighted by atomic mass is 10.1. The molecule has 0 fully saturated rings. The van der Waals surface area contributed by atoms with Gasteiger partial charge in [-0.2, -0.15) is 0 Å². The van der Waals surface area contributed by atoms with Crippen LogP contribution in [0.2, 0.25) is 0 Å². The molecule has 0 saturated heterocycles. The van der Waals surface area contributed by atoms with Crippen molar-refractivity contribution in [3.05, 3.63) is 34.5 Å². The minimum atomic E-state index is -0.515. The number of ether oxygens (including phenoxy) is 1. The van der Waals surface area contributed by atoms with E-state index >= 15 is 0 Å². The third-order valence-electron chi connectivity index (χ3n) is 3.65. The van der Waals surface area contributed by atoms with E-state index < -0.39 is 6.10 Å². The van der Waals surface area contributed by atoms with E-state index in [0.717, 1.165) is 44.2 Å². The Bertz CT molecular complexity index is 858. The van der Waals surface area contributed by atoms with Gasteiger partial charge in [0.1, 0.15) is 5.01 Å². The van der Waals surface area contributed by atoms with Gasteiger partial charge in [-0.05, 0) is 38.0 Å². The third-order valence-corrected chi connectivity index (χ3v) is 4.95. The predicted octanol–water partition coefficient (Wildman–Crippen LogP) is 3.69. The summed E-state index contributed by atoms with van der Waals surface area (Å²) in [5.74, 6) is 0.493. The predicted molar refractivity (Wildman–Crippen MR) is 91.9 cm³/mol. The molecule has 1 atom stereocenters. The van der Waals surface area contributed by atoms with Crippen LogP contribution in [0, 0.1) is 6.92 Å². The number of methoxy groups -OCH3 is 1. The molecular weight excluding hydrogens is 310 g/mol. The Balaban J connectivity index is 2.23. The largest absolute Gasteiger partial charge is 0.480 e. The molecule has 1 unspecified atom stereocenters. The molecule has 3 rings (SSSR count). The monoisotopic (exact) mass is 329 g/mol. The summed E-state index contributed by atoms with van der Waals surface area (Å²) in [6, 6.07) is 4.05. The van der Waals surface area contributed by atoms with Crippen LogP contribution >= 0.6 is 11.3 Å². The van der Waals surface area contributed by atoms with Crippen LogP contribution in [0.25, 0.3) is 21.6 Å². The van der Waals surface area contributed by atoms with Gasteiger partial charge < -0.3 is 9.84 Å². The molecule has 0 aliphatic heterocycles. The zero-order valence-electron chi connectivity index (χ0n) is 13.6. The van der Waals surface area contributed by atoms with Gasteiger partial charge in [0, 0.05) is 5.56 Å². The summed E-state index contributed by atoms with van der Waals surface area (Å²) in [4.78, 5) is 14.6. The zero-order valence-corrected chi connectivity index (χ0v) is 14.4. The molecule has 0 saturated carbocycles. The van der Waals surface area contributed by atoms with Crippen LogP contribution in [0.15, 0.2) is 18.3 Å². The number of fused-ring (bicyclic) bond motifs is 1. The number of thiazole rings is 1. The molecule has 6 heteroatoms. The Morgan fingerprint density at radius 2 is 2.09 bits per heavy atom. The number of nitrogens with zero attached hydrogens (tertiary/aromatic N) is 3. The van der Waals surface area contributed by atoms with Crippen LogP contribution in [0.4, 0.5) is 0 Å². The summed E-state index contributed by atoms with van der Waals surface area (Å²) >= 11 is 1.52. The van der Waals surface area contributed by atoms with Crippen molar-refractivity contribution in [3.8, 4) is 16.5 Å². The summed E-state index contributed by atoms with van der Waals surface area (Å²) in [6.45, 7) is 5.84. The normalized spacial score (nSPS) is 12.6. The van der Waals surface area contributed by atoms with E-state index in [4.69, 9.17) is 9.72 Å². The highest BCUT2D eigenvalue weighted by molar-refractivity contribution is 7.15. The minimum absolute atomic E-state index is 0.493. The fourth-order valence-corrected chi connectivity index (χ4v) is 3.68. The number of hydrogen-bond acceptors (Lipinski definition) is 6. The number of hydrogen-bond donors (Lipinski definition) is 1. The first-order chi connectivity index (χ1) is 11.0. The van der Waals surface area contributed by atoms with Crippen LogP contribution < -0.4 is 4.74 Å². The standard InChI is InChI=1S/C17H19N3O2S/c1-5-12-16(10(3)21)23-17(20-12)11-6-9(2)7-13-15(11)18-8-14(19-13)22-4/h6-8,10,21H,5H2,1-4H3. The number of rotatable bonds is 4. The topological polar surface area (TPSA) is 68.1 Å². The molecule has 0 aliphatic rings. The van der Waals surface area contributed by atoms with Crippen LogP contribution in [-0.2, 0) is 6.42 Å². The minimum Gasteiger partial charge on any atom is -0.480 e. The Morgan fingerprint density at radius 3 is 2.70 bits per heavy atom. The number of aliphatic hydroxyl groups excluding tert-OH is 1. The summed E-state index contributed by atoms with van der Waals surface area (Å²) in [5.41, 5.74) is 4.55. The van der Waals surface area contributed by atoms with E-state index in [1.807, 2.05) is 19.9 Å². The van der Waals surface area contributed by atoms with E-state index in [1.54, 1.807) is 20.2 Å². The first kappa shape index (κ1) is 15.8. The average molecular weight is 329 g/mol. The van der Waals surface area contributed by atoms with Crippen molar-refractivity contribution < 1.29 is 9.84 Å². The van der Waals surface area contributed by atoms with Crippen molar-refractivity contribution in [1.82, 2.24) is 15.0 Å². The SMILES string of the molecule is CCc1nc(-c2cc(C)cc3nc(OC)cnc23)sc1C(C)O. The molecule has 0 amide bonds. The van der Waals surface area contributed by atoms with Gasteiger partial charge in [0.05, 0.1) is 41.0 Å². The highest BCUT2D eigenvalue weighted by Crippen LogP contribution is 2.36. The average Bonchev–Trinajstić information content (AvgIpc) is 2.97. The molecule has 5 nitrogen and oxygen atoms in total. The van der Waals surface area contributed by atoms with Crippen molar-refractivity contribution >= 4 is 22.4 Å².